The van der Waals surface area contributed by atoms with Crippen LogP contribution in [-0.4, -0.2) is 21.7 Å². The van der Waals surface area contributed by atoms with Crippen molar-refractivity contribution in [3.05, 3.63) is 47.3 Å². The predicted molar refractivity (Wildman–Crippen MR) is 88.4 cm³/mol. The SMILES string of the molecule is CC(C)c1cc(CNC(=O)NCc2ccc(S(C)=O)cc2)on1. The molecule has 1 unspecified atom stereocenters. The first-order chi connectivity index (χ1) is 11.0. The van der Waals surface area contributed by atoms with Gasteiger partial charge in [-0.1, -0.05) is 31.1 Å². The number of nitrogens with zero attached hydrogens (tertiary/aromatic N) is 1. The van der Waals surface area contributed by atoms with Gasteiger partial charge in [0.2, 0.25) is 0 Å². The van der Waals surface area contributed by atoms with Crippen molar-refractivity contribution in [1.29, 1.82) is 0 Å². The molecule has 1 aromatic heterocycles. The van der Waals surface area contributed by atoms with Crippen LogP contribution in [0.4, 0.5) is 4.79 Å². The minimum atomic E-state index is -0.992. The first kappa shape index (κ1) is 17.2. The molecule has 0 spiro atoms. The Hall–Kier alpha value is -2.15. The second-order valence-corrected chi connectivity index (χ2v) is 6.89. The molecule has 2 rings (SSSR count). The molecule has 0 aliphatic rings. The van der Waals surface area contributed by atoms with Crippen LogP contribution in [0.15, 0.2) is 39.8 Å². The van der Waals surface area contributed by atoms with Gasteiger partial charge in [-0.15, -0.1) is 0 Å². The summed E-state index contributed by atoms with van der Waals surface area (Å²) < 4.78 is 16.5. The van der Waals surface area contributed by atoms with Crippen LogP contribution < -0.4 is 10.6 Å². The van der Waals surface area contributed by atoms with E-state index >= 15 is 0 Å². The van der Waals surface area contributed by atoms with Crippen LogP contribution in [-0.2, 0) is 23.9 Å². The minimum Gasteiger partial charge on any atom is -0.359 e. The summed E-state index contributed by atoms with van der Waals surface area (Å²) in [5.74, 6) is 0.917. The molecule has 1 atom stereocenters. The van der Waals surface area contributed by atoms with Crippen LogP contribution in [0.1, 0.15) is 36.8 Å². The van der Waals surface area contributed by atoms with Crippen molar-refractivity contribution in [2.24, 2.45) is 0 Å². The molecular weight excluding hydrogens is 314 g/mol. The molecule has 0 aliphatic heterocycles. The molecule has 2 N–H and O–H groups in total. The van der Waals surface area contributed by atoms with Gasteiger partial charge < -0.3 is 15.2 Å². The highest BCUT2D eigenvalue weighted by Gasteiger charge is 2.08. The van der Waals surface area contributed by atoms with E-state index in [4.69, 9.17) is 4.52 Å². The van der Waals surface area contributed by atoms with E-state index in [2.05, 4.69) is 15.8 Å². The Kier molecular flexibility index (Phi) is 5.92. The molecule has 7 heteroatoms. The molecule has 0 saturated heterocycles. The summed E-state index contributed by atoms with van der Waals surface area (Å²) in [6.45, 7) is 4.75. The second kappa shape index (κ2) is 7.92. The lowest BCUT2D eigenvalue weighted by molar-refractivity contribution is 0.238. The average molecular weight is 335 g/mol. The van der Waals surface area contributed by atoms with Gasteiger partial charge in [-0.3, -0.25) is 4.21 Å². The third-order valence-corrected chi connectivity index (χ3v) is 4.24. The van der Waals surface area contributed by atoms with Gasteiger partial charge >= 0.3 is 6.03 Å². The van der Waals surface area contributed by atoms with E-state index in [1.807, 2.05) is 32.0 Å². The molecule has 2 aromatic rings. The third-order valence-electron chi connectivity index (χ3n) is 3.30. The van der Waals surface area contributed by atoms with E-state index in [0.29, 0.717) is 24.8 Å². The van der Waals surface area contributed by atoms with E-state index in [0.717, 1.165) is 16.2 Å². The van der Waals surface area contributed by atoms with Crippen LogP contribution in [0, 0.1) is 0 Å². The third kappa shape index (κ3) is 5.21. The Morgan fingerprint density at radius 2 is 1.87 bits per heavy atom. The van der Waals surface area contributed by atoms with Gasteiger partial charge in [0, 0.05) is 34.6 Å². The zero-order valence-electron chi connectivity index (χ0n) is 13.5. The average Bonchev–Trinajstić information content (AvgIpc) is 3.00. The molecule has 6 nitrogen and oxygen atoms in total. The fourth-order valence-corrected chi connectivity index (χ4v) is 2.41. The van der Waals surface area contributed by atoms with Crippen molar-refractivity contribution in [3.63, 3.8) is 0 Å². The molecule has 0 radical (unpaired) electrons. The van der Waals surface area contributed by atoms with Crippen molar-refractivity contribution in [3.8, 4) is 0 Å². The number of amides is 2. The number of hydrogen-bond donors (Lipinski definition) is 2. The monoisotopic (exact) mass is 335 g/mol. The van der Waals surface area contributed by atoms with Crippen LogP contribution in [0.3, 0.4) is 0 Å². The molecule has 124 valence electrons. The van der Waals surface area contributed by atoms with Crippen LogP contribution in [0.2, 0.25) is 0 Å². The molecular formula is C16H21N3O3S. The topological polar surface area (TPSA) is 84.2 Å². The first-order valence-corrected chi connectivity index (χ1v) is 8.91. The number of hydrogen-bond acceptors (Lipinski definition) is 4. The number of carbonyl (C=O) groups is 1. The van der Waals surface area contributed by atoms with Gasteiger partial charge in [-0.2, -0.15) is 0 Å². The van der Waals surface area contributed by atoms with E-state index in [1.165, 1.54) is 0 Å². The Morgan fingerprint density at radius 1 is 1.22 bits per heavy atom. The van der Waals surface area contributed by atoms with Gasteiger partial charge in [-0.25, -0.2) is 4.79 Å². The van der Waals surface area contributed by atoms with Gasteiger partial charge in [-0.05, 0) is 23.6 Å². The lowest BCUT2D eigenvalue weighted by Crippen LogP contribution is -2.34. The quantitative estimate of drug-likeness (QED) is 0.849. The van der Waals surface area contributed by atoms with Crippen LogP contribution >= 0.6 is 0 Å². The Morgan fingerprint density at radius 3 is 2.43 bits per heavy atom. The number of benzene rings is 1. The number of nitrogens with one attached hydrogen (secondary N) is 2. The van der Waals surface area contributed by atoms with Crippen molar-refractivity contribution >= 4 is 16.8 Å². The maximum Gasteiger partial charge on any atom is 0.315 e. The molecule has 0 saturated carbocycles. The van der Waals surface area contributed by atoms with Crippen LogP contribution in [0.25, 0.3) is 0 Å². The largest absolute Gasteiger partial charge is 0.359 e. The molecule has 0 aliphatic carbocycles. The molecule has 1 aromatic carbocycles. The molecule has 2 amide bonds. The van der Waals surface area contributed by atoms with Gasteiger partial charge in [0.15, 0.2) is 5.76 Å². The predicted octanol–water partition coefficient (Wildman–Crippen LogP) is 2.53. The van der Waals surface area contributed by atoms with Crippen molar-refractivity contribution in [1.82, 2.24) is 15.8 Å². The number of carbonyl (C=O) groups excluding carboxylic acids is 1. The Bertz CT molecular complexity index is 680. The minimum absolute atomic E-state index is 0.282. The fourth-order valence-electron chi connectivity index (χ4n) is 1.90. The summed E-state index contributed by atoms with van der Waals surface area (Å²) in [5, 5.41) is 9.42. The molecule has 0 bridgehead atoms. The van der Waals surface area contributed by atoms with Gasteiger partial charge in [0.1, 0.15) is 0 Å². The van der Waals surface area contributed by atoms with Gasteiger partial charge in [0.25, 0.3) is 0 Å². The normalized spacial score (nSPS) is 12.2. The first-order valence-electron chi connectivity index (χ1n) is 7.35. The highest BCUT2D eigenvalue weighted by molar-refractivity contribution is 7.84. The van der Waals surface area contributed by atoms with Crippen LogP contribution in [0.5, 0.6) is 0 Å². The van der Waals surface area contributed by atoms with Crippen molar-refractivity contribution in [2.45, 2.75) is 37.8 Å². The van der Waals surface area contributed by atoms with E-state index < -0.39 is 10.8 Å². The molecule has 1 heterocycles. The van der Waals surface area contributed by atoms with E-state index in [9.17, 15) is 9.00 Å². The summed E-state index contributed by atoms with van der Waals surface area (Å²) in [6.07, 6.45) is 1.63. The molecule has 23 heavy (non-hydrogen) atoms. The standard InChI is InChI=1S/C16H21N3O3S/c1-11(2)15-8-13(22-19-15)10-18-16(20)17-9-12-4-6-14(7-5-12)23(3)21/h4-8,11H,9-10H2,1-3H3,(H2,17,18,20). The van der Waals surface area contributed by atoms with Crippen molar-refractivity contribution in [2.75, 3.05) is 6.26 Å². The summed E-state index contributed by atoms with van der Waals surface area (Å²) in [5.41, 5.74) is 1.81. The number of rotatable bonds is 6. The fraction of sp³-hybridized carbons (Fsp3) is 0.375. The number of aromatic nitrogens is 1. The summed E-state index contributed by atoms with van der Waals surface area (Å²) in [6, 6.07) is 8.86. The summed E-state index contributed by atoms with van der Waals surface area (Å²) in [7, 11) is -0.992. The molecule has 0 fully saturated rings. The zero-order chi connectivity index (χ0) is 16.8. The highest BCUT2D eigenvalue weighted by atomic mass is 32.2. The Labute approximate surface area is 138 Å². The van der Waals surface area contributed by atoms with Gasteiger partial charge in [0.05, 0.1) is 12.2 Å². The smallest absolute Gasteiger partial charge is 0.315 e. The summed E-state index contributed by atoms with van der Waals surface area (Å²) >= 11 is 0. The lowest BCUT2D eigenvalue weighted by Gasteiger charge is -2.06. The maximum atomic E-state index is 11.8. The second-order valence-electron chi connectivity index (χ2n) is 5.51. The maximum absolute atomic E-state index is 11.8. The Balaban J connectivity index is 1.77. The highest BCUT2D eigenvalue weighted by Crippen LogP contribution is 2.13. The lowest BCUT2D eigenvalue weighted by atomic mass is 10.1. The number of urea groups is 1. The van der Waals surface area contributed by atoms with E-state index in [-0.39, 0.29) is 6.03 Å². The summed E-state index contributed by atoms with van der Waals surface area (Å²) in [4.78, 5) is 12.5. The van der Waals surface area contributed by atoms with E-state index in [1.54, 1.807) is 18.4 Å². The van der Waals surface area contributed by atoms with Crippen molar-refractivity contribution < 1.29 is 13.5 Å². The zero-order valence-corrected chi connectivity index (χ0v) is 14.3.